The van der Waals surface area contributed by atoms with Crippen molar-refractivity contribution in [1.29, 1.82) is 0 Å². The van der Waals surface area contributed by atoms with Gasteiger partial charge in [-0.15, -0.1) is 0 Å². The number of hydrogen-bond acceptors (Lipinski definition) is 7. The number of aryl methyl sites for hydroxylation is 1. The van der Waals surface area contributed by atoms with Crippen molar-refractivity contribution in [3.63, 3.8) is 0 Å². The summed E-state index contributed by atoms with van der Waals surface area (Å²) in [4.78, 5) is 34.3. The number of alkyl halides is 3. The highest BCUT2D eigenvalue weighted by Crippen LogP contribution is 2.30. The number of carbonyl (C=O) groups is 2. The molecule has 1 saturated heterocycles. The number of ether oxygens (including phenoxy) is 1. The third-order valence-corrected chi connectivity index (χ3v) is 5.68. The standard InChI is InChI=1S/C23H19F3N6O4/c1-13-5-6-14(8-16(13)28-20(33)17-9-27-18-4-2-3-7-32(17)18)19-29-21(36-30-19)15-10-31(11-15)22(34)35-12-23(24,25)26/h2-9,15H,10-12H2,1H3,(H,28,33). The minimum Gasteiger partial charge on any atom is -0.440 e. The van der Waals surface area contributed by atoms with E-state index in [9.17, 15) is 22.8 Å². The molecule has 186 valence electrons. The minimum absolute atomic E-state index is 0.104. The third-order valence-electron chi connectivity index (χ3n) is 5.68. The Balaban J connectivity index is 1.25. The molecule has 5 rings (SSSR count). The quantitative estimate of drug-likeness (QED) is 0.440. The predicted octanol–water partition coefficient (Wildman–Crippen LogP) is 4.04. The number of halogens is 3. The predicted molar refractivity (Wildman–Crippen MR) is 119 cm³/mol. The fourth-order valence-corrected chi connectivity index (χ4v) is 3.72. The Bertz CT molecular complexity index is 1440. The highest BCUT2D eigenvalue weighted by Gasteiger charge is 2.38. The largest absolute Gasteiger partial charge is 0.440 e. The molecular weight excluding hydrogens is 481 g/mol. The molecule has 1 aliphatic heterocycles. The Hall–Kier alpha value is -4.42. The summed E-state index contributed by atoms with van der Waals surface area (Å²) in [5.41, 5.74) is 2.98. The lowest BCUT2D eigenvalue weighted by Gasteiger charge is -2.35. The Kier molecular flexibility index (Phi) is 5.82. The highest BCUT2D eigenvalue weighted by molar-refractivity contribution is 6.04. The maximum absolute atomic E-state index is 12.9. The first-order valence-electron chi connectivity index (χ1n) is 10.8. The van der Waals surface area contributed by atoms with E-state index >= 15 is 0 Å². The van der Waals surface area contributed by atoms with E-state index < -0.39 is 18.9 Å². The zero-order valence-corrected chi connectivity index (χ0v) is 18.8. The van der Waals surface area contributed by atoms with Gasteiger partial charge in [0.25, 0.3) is 5.91 Å². The summed E-state index contributed by atoms with van der Waals surface area (Å²) in [6, 6.07) is 10.7. The van der Waals surface area contributed by atoms with Gasteiger partial charge in [-0.05, 0) is 30.7 Å². The average Bonchev–Trinajstić information content (AvgIpc) is 3.45. The third kappa shape index (κ3) is 4.72. The second-order valence-corrected chi connectivity index (χ2v) is 8.28. The number of nitrogens with one attached hydrogen (secondary N) is 1. The Morgan fingerprint density at radius 3 is 2.81 bits per heavy atom. The van der Waals surface area contributed by atoms with Crippen LogP contribution in [-0.4, -0.2) is 62.3 Å². The van der Waals surface area contributed by atoms with Crippen LogP contribution in [0, 0.1) is 6.92 Å². The van der Waals surface area contributed by atoms with E-state index in [2.05, 4.69) is 25.2 Å². The van der Waals surface area contributed by atoms with Gasteiger partial charge in [0.15, 0.2) is 6.61 Å². The number of rotatable bonds is 5. The van der Waals surface area contributed by atoms with Gasteiger partial charge in [-0.25, -0.2) is 9.78 Å². The van der Waals surface area contributed by atoms with E-state index in [1.165, 1.54) is 6.20 Å². The van der Waals surface area contributed by atoms with Crippen LogP contribution in [0.5, 0.6) is 0 Å². The molecule has 0 unspecified atom stereocenters. The van der Waals surface area contributed by atoms with Crippen molar-refractivity contribution in [3.8, 4) is 11.4 Å². The minimum atomic E-state index is -4.58. The Morgan fingerprint density at radius 1 is 1.22 bits per heavy atom. The lowest BCUT2D eigenvalue weighted by atomic mass is 10.0. The summed E-state index contributed by atoms with van der Waals surface area (Å²) in [6.45, 7) is 0.414. The number of imidazole rings is 1. The number of pyridine rings is 1. The summed E-state index contributed by atoms with van der Waals surface area (Å²) >= 11 is 0. The zero-order chi connectivity index (χ0) is 25.4. The van der Waals surface area contributed by atoms with Crippen LogP contribution in [0.3, 0.4) is 0 Å². The van der Waals surface area contributed by atoms with Crippen molar-refractivity contribution >= 4 is 23.3 Å². The van der Waals surface area contributed by atoms with Gasteiger partial charge in [-0.2, -0.15) is 18.2 Å². The van der Waals surface area contributed by atoms with Crippen LogP contribution in [0.15, 0.2) is 53.3 Å². The number of benzene rings is 1. The van der Waals surface area contributed by atoms with E-state index in [0.29, 0.717) is 22.6 Å². The monoisotopic (exact) mass is 500 g/mol. The molecule has 10 nitrogen and oxygen atoms in total. The van der Waals surface area contributed by atoms with Gasteiger partial charge >= 0.3 is 12.3 Å². The summed E-state index contributed by atoms with van der Waals surface area (Å²) in [6.07, 6.45) is -2.39. The first-order chi connectivity index (χ1) is 17.2. The van der Waals surface area contributed by atoms with E-state index in [1.807, 2.05) is 13.0 Å². The molecule has 13 heteroatoms. The molecule has 3 aromatic heterocycles. The first-order valence-corrected chi connectivity index (χ1v) is 10.8. The summed E-state index contributed by atoms with van der Waals surface area (Å²) < 4.78 is 47.8. The topological polar surface area (TPSA) is 115 Å². The van der Waals surface area contributed by atoms with E-state index in [-0.39, 0.29) is 36.6 Å². The van der Waals surface area contributed by atoms with Crippen molar-refractivity contribution in [2.24, 2.45) is 0 Å². The second kappa shape index (κ2) is 8.98. The molecule has 1 fully saturated rings. The van der Waals surface area contributed by atoms with Crippen molar-refractivity contribution in [2.75, 3.05) is 25.0 Å². The maximum Gasteiger partial charge on any atom is 0.422 e. The number of likely N-dealkylation sites (tertiary alicyclic amines) is 1. The number of carbonyl (C=O) groups excluding carboxylic acids is 2. The van der Waals surface area contributed by atoms with Crippen LogP contribution in [0.25, 0.3) is 17.0 Å². The fourth-order valence-electron chi connectivity index (χ4n) is 3.72. The number of hydrogen-bond donors (Lipinski definition) is 1. The second-order valence-electron chi connectivity index (χ2n) is 8.28. The summed E-state index contributed by atoms with van der Waals surface area (Å²) in [5.74, 6) is -0.130. The van der Waals surface area contributed by atoms with E-state index in [1.54, 1.807) is 40.9 Å². The van der Waals surface area contributed by atoms with Gasteiger partial charge < -0.3 is 19.5 Å². The molecule has 4 aromatic rings. The van der Waals surface area contributed by atoms with Crippen molar-refractivity contribution in [3.05, 3.63) is 65.9 Å². The van der Waals surface area contributed by atoms with Crippen LogP contribution in [0.2, 0.25) is 0 Å². The number of amides is 2. The number of nitrogens with zero attached hydrogens (tertiary/aromatic N) is 5. The molecule has 0 bridgehead atoms. The molecule has 1 aromatic carbocycles. The molecule has 2 amide bonds. The molecule has 0 atom stereocenters. The van der Waals surface area contributed by atoms with Crippen LogP contribution < -0.4 is 5.32 Å². The molecule has 0 spiro atoms. The zero-order valence-electron chi connectivity index (χ0n) is 18.8. The number of anilines is 1. The van der Waals surface area contributed by atoms with Gasteiger partial charge in [0.2, 0.25) is 11.7 Å². The summed E-state index contributed by atoms with van der Waals surface area (Å²) in [5, 5.41) is 6.86. The SMILES string of the molecule is Cc1ccc(-c2noc(C3CN(C(=O)OCC(F)(F)F)C3)n2)cc1NC(=O)c1cnc2ccccn12. The first kappa shape index (κ1) is 23.3. The molecular formula is C23H19F3N6O4. The lowest BCUT2D eigenvalue weighted by Crippen LogP contribution is -2.49. The van der Waals surface area contributed by atoms with Crippen LogP contribution in [0.4, 0.5) is 23.7 Å². The van der Waals surface area contributed by atoms with Crippen molar-refractivity contribution in [2.45, 2.75) is 19.0 Å². The normalized spacial score (nSPS) is 14.1. The maximum atomic E-state index is 12.9. The van der Waals surface area contributed by atoms with Crippen LogP contribution in [0.1, 0.15) is 27.9 Å². The number of fused-ring (bicyclic) bond motifs is 1. The molecule has 0 saturated carbocycles. The lowest BCUT2D eigenvalue weighted by molar-refractivity contribution is -0.163. The smallest absolute Gasteiger partial charge is 0.422 e. The Labute approximate surface area is 201 Å². The van der Waals surface area contributed by atoms with Gasteiger partial charge in [0, 0.05) is 30.5 Å². The van der Waals surface area contributed by atoms with Gasteiger partial charge in [0.05, 0.1) is 12.1 Å². The van der Waals surface area contributed by atoms with Gasteiger partial charge in [0.1, 0.15) is 11.3 Å². The molecule has 1 N–H and O–H groups in total. The van der Waals surface area contributed by atoms with Crippen LogP contribution >= 0.6 is 0 Å². The van der Waals surface area contributed by atoms with Crippen molar-refractivity contribution < 1.29 is 32.0 Å². The molecule has 1 aliphatic rings. The molecule has 36 heavy (non-hydrogen) atoms. The van der Waals surface area contributed by atoms with E-state index in [4.69, 9.17) is 4.52 Å². The van der Waals surface area contributed by atoms with Gasteiger partial charge in [-0.1, -0.05) is 23.4 Å². The number of aromatic nitrogens is 4. The van der Waals surface area contributed by atoms with Gasteiger partial charge in [-0.3, -0.25) is 9.20 Å². The molecule has 0 aliphatic carbocycles. The average molecular weight is 500 g/mol. The van der Waals surface area contributed by atoms with Crippen LogP contribution in [-0.2, 0) is 4.74 Å². The summed E-state index contributed by atoms with van der Waals surface area (Å²) in [7, 11) is 0. The fraction of sp³-hybridized carbons (Fsp3) is 0.261. The highest BCUT2D eigenvalue weighted by atomic mass is 19.4. The molecule has 4 heterocycles. The van der Waals surface area contributed by atoms with E-state index in [0.717, 1.165) is 10.5 Å². The Morgan fingerprint density at radius 2 is 2.03 bits per heavy atom. The molecule has 0 radical (unpaired) electrons. The van der Waals surface area contributed by atoms with Crippen molar-refractivity contribution in [1.82, 2.24) is 24.4 Å².